The summed E-state index contributed by atoms with van der Waals surface area (Å²) in [6.07, 6.45) is 13.8. The van der Waals surface area contributed by atoms with E-state index in [1.54, 1.807) is 0 Å². The Balaban J connectivity index is 2.92. The molecular formula is C18H27NOW. The standard InChI is InChI=1S/C18H27NO.W/c1-5-19(6-2)15-16(4)18(20-7-3)14-17-12-10-8-9-11-13-17;/h8-13,17H,5-7,14H2,1-4H3;/b18-16-;. The Bertz CT molecular complexity index is 440. The molecule has 0 aromatic heterocycles. The van der Waals surface area contributed by atoms with E-state index in [0.29, 0.717) is 5.92 Å². The third-order valence-electron chi connectivity index (χ3n) is 3.58. The van der Waals surface area contributed by atoms with Gasteiger partial charge in [-0.2, -0.15) is 0 Å². The fourth-order valence-electron chi connectivity index (χ4n) is 2.32. The molecule has 0 amide bonds. The van der Waals surface area contributed by atoms with Crippen molar-refractivity contribution < 1.29 is 24.1 Å². The minimum absolute atomic E-state index is 0.413. The van der Waals surface area contributed by atoms with Gasteiger partial charge in [0.05, 0.1) is 0 Å². The summed E-state index contributed by atoms with van der Waals surface area (Å²) >= 11 is 1.51. The zero-order valence-corrected chi connectivity index (χ0v) is 16.6. The topological polar surface area (TPSA) is 12.5 Å². The van der Waals surface area contributed by atoms with Crippen molar-refractivity contribution in [1.29, 1.82) is 0 Å². The number of likely N-dealkylation sites (N-methyl/N-ethyl adjacent to an activating group) is 1. The van der Waals surface area contributed by atoms with Crippen molar-refractivity contribution in [3.05, 3.63) is 47.8 Å². The van der Waals surface area contributed by atoms with Crippen LogP contribution in [0.1, 0.15) is 34.1 Å². The number of ether oxygens (including phenoxy) is 1. The van der Waals surface area contributed by atoms with Crippen LogP contribution in [-0.4, -0.2) is 28.6 Å². The van der Waals surface area contributed by atoms with Gasteiger partial charge >= 0.3 is 141 Å². The van der Waals surface area contributed by atoms with E-state index in [2.05, 4.69) is 69.1 Å². The summed E-state index contributed by atoms with van der Waals surface area (Å²) in [5, 5.41) is 0. The summed E-state index contributed by atoms with van der Waals surface area (Å²) < 4.78 is 7.37. The van der Waals surface area contributed by atoms with Crippen molar-refractivity contribution >= 4 is 4.02 Å². The molecule has 0 fully saturated rings. The molecule has 21 heavy (non-hydrogen) atoms. The van der Waals surface area contributed by atoms with Gasteiger partial charge in [-0.25, -0.2) is 0 Å². The van der Waals surface area contributed by atoms with Gasteiger partial charge in [0.25, 0.3) is 0 Å². The van der Waals surface area contributed by atoms with Gasteiger partial charge in [0.2, 0.25) is 0 Å². The Morgan fingerprint density at radius 3 is 2.10 bits per heavy atom. The van der Waals surface area contributed by atoms with Crippen molar-refractivity contribution in [2.45, 2.75) is 34.1 Å². The molecule has 0 aromatic carbocycles. The maximum absolute atomic E-state index is 5.96. The number of hydrogen-bond donors (Lipinski definition) is 0. The van der Waals surface area contributed by atoms with Crippen molar-refractivity contribution in [3.8, 4) is 0 Å². The van der Waals surface area contributed by atoms with Gasteiger partial charge in [-0.15, -0.1) is 0 Å². The molecule has 0 saturated carbocycles. The maximum atomic E-state index is 5.96. The van der Waals surface area contributed by atoms with Crippen LogP contribution in [0.2, 0.25) is 0 Å². The normalized spacial score (nSPS) is 16.0. The first-order valence-electron chi connectivity index (χ1n) is 7.77. The van der Waals surface area contributed by atoms with Crippen LogP contribution in [0.25, 0.3) is 0 Å². The quantitative estimate of drug-likeness (QED) is 0.511. The molecule has 1 rings (SSSR count). The summed E-state index contributed by atoms with van der Waals surface area (Å²) in [5.74, 6) is 1.55. The van der Waals surface area contributed by atoms with Gasteiger partial charge in [0.15, 0.2) is 0 Å². The molecule has 1 aliphatic rings. The van der Waals surface area contributed by atoms with Crippen LogP contribution in [0.3, 0.4) is 0 Å². The number of allylic oxidation sites excluding steroid dienone is 7. The molecule has 0 aromatic rings. The Morgan fingerprint density at radius 1 is 1.05 bits per heavy atom. The summed E-state index contributed by atoms with van der Waals surface area (Å²) in [6, 6.07) is 0. The first kappa shape index (κ1) is 18.3. The van der Waals surface area contributed by atoms with Crippen LogP contribution in [0, 0.1) is 5.92 Å². The Kier molecular flexibility index (Phi) is 8.80. The molecule has 0 spiro atoms. The average Bonchev–Trinajstić information content (AvgIpc) is 2.76. The molecule has 0 radical (unpaired) electrons. The summed E-state index contributed by atoms with van der Waals surface area (Å²) in [4.78, 5) is 2.42. The fourth-order valence-corrected chi connectivity index (χ4v) is 3.65. The van der Waals surface area contributed by atoms with Crippen LogP contribution in [0.15, 0.2) is 47.8 Å². The van der Waals surface area contributed by atoms with E-state index in [-0.39, 0.29) is 0 Å². The van der Waals surface area contributed by atoms with E-state index in [0.717, 1.165) is 31.9 Å². The van der Waals surface area contributed by atoms with Gasteiger partial charge < -0.3 is 0 Å². The molecule has 1 aliphatic carbocycles. The van der Waals surface area contributed by atoms with Gasteiger partial charge in [0, 0.05) is 0 Å². The summed E-state index contributed by atoms with van der Waals surface area (Å²) in [6.45, 7) is 11.5. The van der Waals surface area contributed by atoms with Crippen LogP contribution >= 0.6 is 0 Å². The van der Waals surface area contributed by atoms with E-state index >= 15 is 0 Å². The Labute approximate surface area is 140 Å². The van der Waals surface area contributed by atoms with E-state index in [1.807, 2.05) is 0 Å². The van der Waals surface area contributed by atoms with Gasteiger partial charge in [-0.3, -0.25) is 0 Å². The predicted molar refractivity (Wildman–Crippen MR) is 87.8 cm³/mol. The third-order valence-corrected chi connectivity index (χ3v) is 5.61. The molecule has 3 heteroatoms. The summed E-state index contributed by atoms with van der Waals surface area (Å²) in [5.41, 5.74) is 1.31. The molecule has 0 saturated heterocycles. The molecule has 0 unspecified atom stereocenters. The first-order valence-corrected chi connectivity index (χ1v) is 9.24. The van der Waals surface area contributed by atoms with Crippen molar-refractivity contribution in [3.63, 3.8) is 0 Å². The molecule has 116 valence electrons. The van der Waals surface area contributed by atoms with Crippen molar-refractivity contribution in [2.24, 2.45) is 5.92 Å². The number of hydrogen-bond acceptors (Lipinski definition) is 2. The Hall–Kier alpha value is -0.722. The summed E-state index contributed by atoms with van der Waals surface area (Å²) in [7, 11) is 0. The monoisotopic (exact) mass is 457 g/mol. The van der Waals surface area contributed by atoms with E-state index in [9.17, 15) is 0 Å². The molecule has 2 nitrogen and oxygen atoms in total. The van der Waals surface area contributed by atoms with Gasteiger partial charge in [-0.1, -0.05) is 0 Å². The molecule has 0 heterocycles. The third kappa shape index (κ3) is 5.88. The van der Waals surface area contributed by atoms with Crippen LogP contribution in [0.4, 0.5) is 0 Å². The van der Waals surface area contributed by atoms with Gasteiger partial charge in [0.1, 0.15) is 0 Å². The molecule has 0 N–H and O–H groups in total. The average molecular weight is 457 g/mol. The second-order valence-electron chi connectivity index (χ2n) is 4.98. The van der Waals surface area contributed by atoms with Crippen LogP contribution < -0.4 is 0 Å². The van der Waals surface area contributed by atoms with E-state index in [4.69, 9.17) is 4.74 Å². The molecular weight excluding hydrogens is 430 g/mol. The van der Waals surface area contributed by atoms with Crippen molar-refractivity contribution in [1.82, 2.24) is 4.90 Å². The second kappa shape index (κ2) is 10.1. The van der Waals surface area contributed by atoms with E-state index in [1.165, 1.54) is 28.9 Å². The van der Waals surface area contributed by atoms with E-state index < -0.39 is 0 Å². The van der Waals surface area contributed by atoms with Crippen LogP contribution in [0.5, 0.6) is 0 Å². The zero-order chi connectivity index (χ0) is 15.7. The number of nitrogens with zero attached hydrogens (tertiary/aromatic N) is 1. The first-order chi connectivity index (χ1) is 10.1. The molecule has 0 aliphatic heterocycles. The second-order valence-corrected chi connectivity index (χ2v) is 6.37. The molecule has 0 bridgehead atoms. The minimum atomic E-state index is 0.413. The Morgan fingerprint density at radius 2 is 1.62 bits per heavy atom. The predicted octanol–water partition coefficient (Wildman–Crippen LogP) is 4.00. The van der Waals surface area contributed by atoms with Crippen molar-refractivity contribution in [2.75, 3.05) is 19.7 Å². The van der Waals surface area contributed by atoms with Crippen LogP contribution in [-0.2, 0) is 24.1 Å². The fraction of sp³-hybridized carbons (Fsp3) is 0.500. The van der Waals surface area contributed by atoms with Gasteiger partial charge in [-0.05, 0) is 0 Å². The SMILES string of the molecule is CCO/C(CC1C=CC=CC=C1)=C(/C)[C](=[W])N(CC)CC. The zero-order valence-electron chi connectivity index (χ0n) is 13.6. The molecule has 0 atom stereocenters. The number of rotatable bonds is 8.